The van der Waals surface area contributed by atoms with Gasteiger partial charge in [-0.3, -0.25) is 4.79 Å². The molecule has 3 aromatic rings. The maximum Gasteiger partial charge on any atom is 0.343 e. The van der Waals surface area contributed by atoms with E-state index in [0.717, 1.165) is 5.56 Å². The van der Waals surface area contributed by atoms with Crippen LogP contribution in [0.5, 0.6) is 0 Å². The molecule has 7 heteroatoms. The Labute approximate surface area is 163 Å². The Kier molecular flexibility index (Phi) is 5.74. The lowest BCUT2D eigenvalue weighted by Crippen LogP contribution is -2.30. The summed E-state index contributed by atoms with van der Waals surface area (Å²) in [5.41, 5.74) is 8.48. The molecule has 7 nitrogen and oxygen atoms in total. The lowest BCUT2D eigenvalue weighted by atomic mass is 10.1. The van der Waals surface area contributed by atoms with E-state index < -0.39 is 5.97 Å². The molecular formula is C21H22N4O3. The maximum absolute atomic E-state index is 12.8. The van der Waals surface area contributed by atoms with Crippen LogP contribution < -0.4 is 5.73 Å². The number of nitrogens with zero attached hydrogens (tertiary/aromatic N) is 3. The number of methoxy groups -OCH3 is 1. The van der Waals surface area contributed by atoms with Crippen LogP contribution in [0.15, 0.2) is 60.8 Å². The molecule has 0 atom stereocenters. The highest BCUT2D eigenvalue weighted by atomic mass is 16.5. The van der Waals surface area contributed by atoms with E-state index in [4.69, 9.17) is 5.73 Å². The van der Waals surface area contributed by atoms with E-state index in [2.05, 4.69) is 9.84 Å². The van der Waals surface area contributed by atoms with Gasteiger partial charge in [0.1, 0.15) is 11.4 Å². The predicted molar refractivity (Wildman–Crippen MR) is 106 cm³/mol. The van der Waals surface area contributed by atoms with E-state index in [9.17, 15) is 9.59 Å². The number of amides is 1. The van der Waals surface area contributed by atoms with Gasteiger partial charge in [0.15, 0.2) is 0 Å². The van der Waals surface area contributed by atoms with E-state index in [1.165, 1.54) is 18.0 Å². The molecule has 2 aromatic carbocycles. The number of carbonyl (C=O) groups excluding carboxylic acids is 2. The fourth-order valence-corrected chi connectivity index (χ4v) is 2.89. The molecule has 0 bridgehead atoms. The third-order valence-corrected chi connectivity index (χ3v) is 4.46. The first kappa shape index (κ1) is 19.2. The lowest BCUT2D eigenvalue weighted by molar-refractivity contribution is 0.0601. The average molecular weight is 378 g/mol. The van der Waals surface area contributed by atoms with Gasteiger partial charge in [-0.1, -0.05) is 30.3 Å². The topological polar surface area (TPSA) is 90.5 Å². The average Bonchev–Trinajstić information content (AvgIpc) is 3.13. The van der Waals surface area contributed by atoms with Crippen LogP contribution in [0.25, 0.3) is 5.69 Å². The summed E-state index contributed by atoms with van der Waals surface area (Å²) in [5, 5.41) is 4.13. The largest absolute Gasteiger partial charge is 0.465 e. The molecule has 0 radical (unpaired) electrons. The minimum Gasteiger partial charge on any atom is -0.465 e. The number of ether oxygens (including phenoxy) is 1. The molecule has 144 valence electrons. The van der Waals surface area contributed by atoms with E-state index in [0.29, 0.717) is 24.3 Å². The summed E-state index contributed by atoms with van der Waals surface area (Å²) < 4.78 is 6.11. The highest BCUT2D eigenvalue weighted by Gasteiger charge is 2.18. The molecule has 0 aliphatic carbocycles. The third kappa shape index (κ3) is 3.88. The summed E-state index contributed by atoms with van der Waals surface area (Å²) in [5.74, 6) is -0.415. The quantitative estimate of drug-likeness (QED) is 0.666. The number of nitrogens with two attached hydrogens (primary N) is 1. The second-order valence-corrected chi connectivity index (χ2v) is 6.20. The van der Waals surface area contributed by atoms with E-state index >= 15 is 0 Å². The zero-order valence-corrected chi connectivity index (χ0v) is 15.8. The van der Waals surface area contributed by atoms with Crippen LogP contribution >= 0.6 is 0 Å². The molecule has 3 rings (SSSR count). The van der Waals surface area contributed by atoms with Gasteiger partial charge in [-0.2, -0.15) is 5.10 Å². The third-order valence-electron chi connectivity index (χ3n) is 4.46. The number of benzene rings is 2. The van der Waals surface area contributed by atoms with Gasteiger partial charge in [0.05, 0.1) is 19.0 Å². The monoisotopic (exact) mass is 378 g/mol. The Morgan fingerprint density at radius 3 is 2.39 bits per heavy atom. The van der Waals surface area contributed by atoms with Crippen molar-refractivity contribution in [1.82, 2.24) is 14.7 Å². The molecule has 28 heavy (non-hydrogen) atoms. The summed E-state index contributed by atoms with van der Waals surface area (Å²) >= 11 is 0. The van der Waals surface area contributed by atoms with Crippen LogP contribution in [0, 0.1) is 0 Å². The maximum atomic E-state index is 12.8. The fourth-order valence-electron chi connectivity index (χ4n) is 2.89. The normalized spacial score (nSPS) is 10.5. The van der Waals surface area contributed by atoms with Crippen LogP contribution in [0.3, 0.4) is 0 Å². The number of nitrogen functional groups attached to an aromatic ring is 1. The summed E-state index contributed by atoms with van der Waals surface area (Å²) in [7, 11) is 1.29. The molecule has 0 saturated heterocycles. The molecule has 0 unspecified atom stereocenters. The van der Waals surface area contributed by atoms with Crippen LogP contribution in [0.4, 0.5) is 5.82 Å². The molecule has 0 saturated carbocycles. The SMILES string of the molecule is CCN(Cc1ccccc1)C(=O)c1ccc(-n2ncc(C(=O)OC)c2N)cc1. The van der Waals surface area contributed by atoms with Crippen LogP contribution in [0.1, 0.15) is 33.2 Å². The standard InChI is InChI=1S/C21H22N4O3/c1-3-24(14-15-7-5-4-6-8-15)20(26)16-9-11-17(12-10-16)25-19(22)18(13-23-25)21(27)28-2/h4-13H,3,14,22H2,1-2H3. The smallest absolute Gasteiger partial charge is 0.343 e. The highest BCUT2D eigenvalue weighted by molar-refractivity contribution is 5.95. The molecule has 1 aromatic heterocycles. The number of hydrogen-bond acceptors (Lipinski definition) is 5. The first-order valence-corrected chi connectivity index (χ1v) is 8.90. The van der Waals surface area contributed by atoms with E-state index in [-0.39, 0.29) is 17.3 Å². The molecule has 0 aliphatic heterocycles. The molecule has 0 fully saturated rings. The Hall–Kier alpha value is -3.61. The second kappa shape index (κ2) is 8.39. The summed E-state index contributed by atoms with van der Waals surface area (Å²) in [6.07, 6.45) is 1.36. The Balaban J connectivity index is 1.79. The van der Waals surface area contributed by atoms with Gasteiger partial charge in [-0.05, 0) is 36.8 Å². The summed E-state index contributed by atoms with van der Waals surface area (Å²) in [4.78, 5) is 26.3. The van der Waals surface area contributed by atoms with Gasteiger partial charge in [0, 0.05) is 18.7 Å². The van der Waals surface area contributed by atoms with E-state index in [1.807, 2.05) is 37.3 Å². The van der Waals surface area contributed by atoms with Gasteiger partial charge >= 0.3 is 5.97 Å². The highest BCUT2D eigenvalue weighted by Crippen LogP contribution is 2.19. The van der Waals surface area contributed by atoms with Crippen molar-refractivity contribution in [2.45, 2.75) is 13.5 Å². The van der Waals surface area contributed by atoms with Crippen LogP contribution in [-0.4, -0.2) is 40.2 Å². The molecule has 0 aliphatic rings. The number of hydrogen-bond donors (Lipinski definition) is 1. The van der Waals surface area contributed by atoms with Crippen LogP contribution in [0.2, 0.25) is 0 Å². The minimum atomic E-state index is -0.546. The summed E-state index contributed by atoms with van der Waals surface area (Å²) in [6.45, 7) is 3.10. The number of esters is 1. The van der Waals surface area contributed by atoms with Gasteiger partial charge in [0.2, 0.25) is 0 Å². The fraction of sp³-hybridized carbons (Fsp3) is 0.190. The second-order valence-electron chi connectivity index (χ2n) is 6.20. The Bertz CT molecular complexity index is 965. The zero-order valence-electron chi connectivity index (χ0n) is 15.8. The van der Waals surface area contributed by atoms with Crippen molar-refractivity contribution in [2.24, 2.45) is 0 Å². The van der Waals surface area contributed by atoms with Gasteiger partial charge in [-0.25, -0.2) is 9.48 Å². The van der Waals surface area contributed by atoms with Crippen LogP contribution in [-0.2, 0) is 11.3 Å². The number of aromatic nitrogens is 2. The molecule has 2 N–H and O–H groups in total. The summed E-state index contributed by atoms with van der Waals surface area (Å²) in [6, 6.07) is 16.8. The number of carbonyl (C=O) groups is 2. The zero-order chi connectivity index (χ0) is 20.1. The van der Waals surface area contributed by atoms with Crippen molar-refractivity contribution in [3.63, 3.8) is 0 Å². The predicted octanol–water partition coefficient (Wildman–Crippen LogP) is 2.90. The lowest BCUT2D eigenvalue weighted by Gasteiger charge is -2.21. The van der Waals surface area contributed by atoms with Crippen molar-refractivity contribution in [3.05, 3.63) is 77.5 Å². The van der Waals surface area contributed by atoms with Gasteiger partial charge in [-0.15, -0.1) is 0 Å². The van der Waals surface area contributed by atoms with Gasteiger partial charge in [0.25, 0.3) is 5.91 Å². The van der Waals surface area contributed by atoms with Crippen molar-refractivity contribution >= 4 is 17.7 Å². The number of anilines is 1. The Morgan fingerprint density at radius 1 is 1.11 bits per heavy atom. The molecule has 1 amide bonds. The van der Waals surface area contributed by atoms with Crippen molar-refractivity contribution in [2.75, 3.05) is 19.4 Å². The minimum absolute atomic E-state index is 0.0541. The molecule has 1 heterocycles. The van der Waals surface area contributed by atoms with Crippen molar-refractivity contribution in [1.29, 1.82) is 0 Å². The number of rotatable bonds is 6. The van der Waals surface area contributed by atoms with Crippen molar-refractivity contribution in [3.8, 4) is 5.69 Å². The molecule has 0 spiro atoms. The first-order valence-electron chi connectivity index (χ1n) is 8.90. The Morgan fingerprint density at radius 2 is 1.79 bits per heavy atom. The van der Waals surface area contributed by atoms with E-state index in [1.54, 1.807) is 29.2 Å². The first-order chi connectivity index (χ1) is 13.5. The molecular weight excluding hydrogens is 356 g/mol. The van der Waals surface area contributed by atoms with Crippen molar-refractivity contribution < 1.29 is 14.3 Å². The van der Waals surface area contributed by atoms with Gasteiger partial charge < -0.3 is 15.4 Å².